The van der Waals surface area contributed by atoms with Crippen LogP contribution < -0.4 is 38.9 Å². The van der Waals surface area contributed by atoms with E-state index in [1.165, 1.54) is 6.92 Å². The number of guanidine groups is 1. The molecule has 0 aromatic rings. The Balaban J connectivity index is 5.24. The minimum Gasteiger partial charge on any atom is -0.480 e. The Morgan fingerprint density at radius 3 is 1.64 bits per heavy atom. The largest absolute Gasteiger partial charge is 0.480 e. The van der Waals surface area contributed by atoms with Crippen LogP contribution >= 0.6 is 0 Å². The van der Waals surface area contributed by atoms with Crippen molar-refractivity contribution >= 4 is 29.7 Å². The average molecular weight is 473 g/mol. The predicted octanol–water partition coefficient (Wildman–Crippen LogP) is -2.14. The van der Waals surface area contributed by atoms with E-state index in [1.54, 1.807) is 0 Å². The summed E-state index contributed by atoms with van der Waals surface area (Å²) in [6, 6.07) is -2.97. The number of carboxylic acid groups (broad SMARTS) is 1. The molecule has 0 aliphatic rings. The van der Waals surface area contributed by atoms with Gasteiger partial charge in [0.05, 0.1) is 0 Å². The molecule has 0 unspecified atom stereocenters. The van der Waals surface area contributed by atoms with Gasteiger partial charge in [0.1, 0.15) is 18.1 Å². The summed E-state index contributed by atoms with van der Waals surface area (Å²) >= 11 is 0. The molecule has 13 nitrogen and oxygen atoms in total. The third-order valence-corrected chi connectivity index (χ3v) is 4.78. The summed E-state index contributed by atoms with van der Waals surface area (Å²) in [6.45, 7) is 2.39. The van der Waals surface area contributed by atoms with Gasteiger partial charge < -0.3 is 44.0 Å². The molecule has 0 aromatic carbocycles. The zero-order valence-corrected chi connectivity index (χ0v) is 19.3. The fourth-order valence-corrected chi connectivity index (χ4v) is 3.07. The third kappa shape index (κ3) is 14.7. The minimum atomic E-state index is -1.21. The molecule has 33 heavy (non-hydrogen) atoms. The second kappa shape index (κ2) is 17.6. The molecule has 0 radical (unpaired) electrons. The zero-order chi connectivity index (χ0) is 25.2. The monoisotopic (exact) mass is 472 g/mol. The summed E-state index contributed by atoms with van der Waals surface area (Å²) < 4.78 is 0. The SMILES string of the molecule is CC(=O)N[C@@H](CCCCN)C(=O)N[C@@H](CCCCN)C(=O)N[C@@H](CCCN=C(N)N)C(=O)O. The number of hydrogen-bond acceptors (Lipinski definition) is 7. The number of aliphatic imine (C=N–C) groups is 1. The summed E-state index contributed by atoms with van der Waals surface area (Å²) in [5.74, 6) is -2.83. The summed E-state index contributed by atoms with van der Waals surface area (Å²) in [5, 5.41) is 17.2. The number of carboxylic acids is 1. The van der Waals surface area contributed by atoms with Crippen LogP contribution in [0.25, 0.3) is 0 Å². The Bertz CT molecular complexity index is 654. The van der Waals surface area contributed by atoms with Crippen molar-refractivity contribution in [2.24, 2.45) is 27.9 Å². The van der Waals surface area contributed by atoms with Gasteiger partial charge in [0.2, 0.25) is 17.7 Å². The maximum absolute atomic E-state index is 12.8. The number of hydrogen-bond donors (Lipinski definition) is 8. The predicted molar refractivity (Wildman–Crippen MR) is 125 cm³/mol. The molecule has 3 amide bonds. The van der Waals surface area contributed by atoms with Gasteiger partial charge in [-0.05, 0) is 64.5 Å². The van der Waals surface area contributed by atoms with Gasteiger partial charge in [-0.1, -0.05) is 0 Å². The van der Waals surface area contributed by atoms with Crippen LogP contribution in [-0.4, -0.2) is 72.5 Å². The Morgan fingerprint density at radius 1 is 0.758 bits per heavy atom. The van der Waals surface area contributed by atoms with Crippen molar-refractivity contribution in [3.63, 3.8) is 0 Å². The molecule has 0 aliphatic carbocycles. The number of unbranched alkanes of at least 4 members (excludes halogenated alkanes) is 2. The third-order valence-electron chi connectivity index (χ3n) is 4.78. The molecule has 3 atom stereocenters. The van der Waals surface area contributed by atoms with Crippen molar-refractivity contribution in [2.75, 3.05) is 19.6 Å². The van der Waals surface area contributed by atoms with Gasteiger partial charge in [-0.3, -0.25) is 19.4 Å². The van der Waals surface area contributed by atoms with E-state index < -0.39 is 35.9 Å². The van der Waals surface area contributed by atoms with Crippen LogP contribution in [0.3, 0.4) is 0 Å². The van der Waals surface area contributed by atoms with E-state index in [0.29, 0.717) is 51.6 Å². The molecule has 13 heteroatoms. The molecule has 0 bridgehead atoms. The van der Waals surface area contributed by atoms with Crippen LogP contribution in [0.4, 0.5) is 0 Å². The summed E-state index contributed by atoms with van der Waals surface area (Å²) in [5.41, 5.74) is 21.5. The van der Waals surface area contributed by atoms with Crippen molar-refractivity contribution in [2.45, 2.75) is 76.4 Å². The van der Waals surface area contributed by atoms with Crippen molar-refractivity contribution in [3.05, 3.63) is 0 Å². The molecule has 0 spiro atoms. The van der Waals surface area contributed by atoms with Gasteiger partial charge in [0.15, 0.2) is 5.96 Å². The van der Waals surface area contributed by atoms with Crippen LogP contribution in [0.5, 0.6) is 0 Å². The van der Waals surface area contributed by atoms with Crippen molar-refractivity contribution in [1.82, 2.24) is 16.0 Å². The molecular weight excluding hydrogens is 432 g/mol. The highest BCUT2D eigenvalue weighted by Gasteiger charge is 2.28. The standard InChI is InChI=1S/C20H40N8O5/c1-13(29)26-14(7-2-4-10-21)17(30)27-15(8-3-5-11-22)18(31)28-16(19(32)33)9-6-12-25-20(23)24/h14-16H,2-12,21-22H2,1H3,(H,26,29)(H,27,30)(H,28,31)(H,32,33)(H4,23,24,25)/t14-,15-,16-/m0/s1. The highest BCUT2D eigenvalue weighted by atomic mass is 16.4. The van der Waals surface area contributed by atoms with Gasteiger partial charge in [-0.2, -0.15) is 0 Å². The summed E-state index contributed by atoms with van der Waals surface area (Å²) in [7, 11) is 0. The minimum absolute atomic E-state index is 0.103. The lowest BCUT2D eigenvalue weighted by atomic mass is 10.0. The molecule has 12 N–H and O–H groups in total. The van der Waals surface area contributed by atoms with Crippen LogP contribution in [0.15, 0.2) is 4.99 Å². The first-order valence-electron chi connectivity index (χ1n) is 11.2. The first-order valence-corrected chi connectivity index (χ1v) is 11.2. The summed E-state index contributed by atoms with van der Waals surface area (Å²) in [6.07, 6.45) is 3.56. The van der Waals surface area contributed by atoms with Crippen LogP contribution in [0, 0.1) is 0 Å². The van der Waals surface area contributed by atoms with Crippen molar-refractivity contribution in [1.29, 1.82) is 0 Å². The van der Waals surface area contributed by atoms with Crippen LogP contribution in [-0.2, 0) is 19.2 Å². The van der Waals surface area contributed by atoms with Crippen LogP contribution in [0.1, 0.15) is 58.3 Å². The number of nitrogens with two attached hydrogens (primary N) is 4. The summed E-state index contributed by atoms with van der Waals surface area (Å²) in [4.78, 5) is 52.5. The maximum Gasteiger partial charge on any atom is 0.326 e. The smallest absolute Gasteiger partial charge is 0.326 e. The number of carbonyl (C=O) groups is 4. The Kier molecular flexibility index (Phi) is 16.0. The molecule has 0 rings (SSSR count). The Morgan fingerprint density at radius 2 is 1.21 bits per heavy atom. The number of aliphatic carboxylic acids is 1. The van der Waals surface area contributed by atoms with Crippen molar-refractivity contribution < 1.29 is 24.3 Å². The Labute approximate surface area is 194 Å². The normalized spacial score (nSPS) is 13.3. The highest BCUT2D eigenvalue weighted by Crippen LogP contribution is 2.07. The Hall–Kier alpha value is -2.93. The fraction of sp³-hybridized carbons (Fsp3) is 0.750. The number of carbonyl (C=O) groups excluding carboxylic acids is 3. The molecule has 0 saturated heterocycles. The molecule has 0 heterocycles. The highest BCUT2D eigenvalue weighted by molar-refractivity contribution is 5.93. The lowest BCUT2D eigenvalue weighted by Crippen LogP contribution is -2.55. The lowest BCUT2D eigenvalue weighted by Gasteiger charge is -2.24. The quantitative estimate of drug-likeness (QED) is 0.0615. The average Bonchev–Trinajstić information content (AvgIpc) is 2.73. The second-order valence-electron chi connectivity index (χ2n) is 7.73. The van der Waals surface area contributed by atoms with E-state index in [2.05, 4.69) is 20.9 Å². The van der Waals surface area contributed by atoms with Gasteiger partial charge in [0, 0.05) is 13.5 Å². The fourth-order valence-electron chi connectivity index (χ4n) is 3.07. The molecule has 190 valence electrons. The lowest BCUT2D eigenvalue weighted by molar-refractivity contribution is -0.142. The number of amides is 3. The molecule has 0 aromatic heterocycles. The molecule has 0 aliphatic heterocycles. The molecular formula is C20H40N8O5. The number of nitrogens with zero attached hydrogens (tertiary/aromatic N) is 1. The van der Waals surface area contributed by atoms with Gasteiger partial charge >= 0.3 is 5.97 Å². The van der Waals surface area contributed by atoms with E-state index in [0.717, 1.165) is 0 Å². The maximum atomic E-state index is 12.8. The first kappa shape index (κ1) is 30.1. The number of nitrogens with one attached hydrogen (secondary N) is 3. The van der Waals surface area contributed by atoms with E-state index in [-0.39, 0.29) is 31.3 Å². The van der Waals surface area contributed by atoms with E-state index in [1.807, 2.05) is 0 Å². The second-order valence-corrected chi connectivity index (χ2v) is 7.73. The molecule has 0 saturated carbocycles. The van der Waals surface area contributed by atoms with E-state index in [4.69, 9.17) is 22.9 Å². The van der Waals surface area contributed by atoms with Gasteiger partial charge in [-0.15, -0.1) is 0 Å². The zero-order valence-electron chi connectivity index (χ0n) is 19.3. The first-order chi connectivity index (χ1) is 15.6. The van der Waals surface area contributed by atoms with Crippen LogP contribution in [0.2, 0.25) is 0 Å². The van der Waals surface area contributed by atoms with Gasteiger partial charge in [-0.25, -0.2) is 4.79 Å². The van der Waals surface area contributed by atoms with Gasteiger partial charge in [0.25, 0.3) is 0 Å². The van der Waals surface area contributed by atoms with Crippen molar-refractivity contribution in [3.8, 4) is 0 Å². The number of rotatable bonds is 18. The topological polar surface area (TPSA) is 241 Å². The molecule has 0 fully saturated rings. The van der Waals surface area contributed by atoms with E-state index in [9.17, 15) is 24.3 Å². The van der Waals surface area contributed by atoms with E-state index >= 15 is 0 Å².